The number of benzene rings is 1. The van der Waals surface area contributed by atoms with Gasteiger partial charge in [0.15, 0.2) is 5.75 Å². The first kappa shape index (κ1) is 26.7. The summed E-state index contributed by atoms with van der Waals surface area (Å²) in [6.45, 7) is 4.37. The van der Waals surface area contributed by atoms with Crippen molar-refractivity contribution in [3.63, 3.8) is 0 Å². The highest BCUT2D eigenvalue weighted by Gasteiger charge is 2.79. The zero-order valence-electron chi connectivity index (χ0n) is 15.2. The summed E-state index contributed by atoms with van der Waals surface area (Å²) in [5.74, 6) is -28.0. The molecule has 0 bridgehead atoms. The Labute approximate surface area is 192 Å². The van der Waals surface area contributed by atoms with Gasteiger partial charge >= 0.3 is 35.7 Å². The average Bonchev–Trinajstić information content (AvgIpc) is 2.54. The molecule has 0 aliphatic rings. The highest BCUT2D eigenvalue weighted by molar-refractivity contribution is 14.1. The summed E-state index contributed by atoms with van der Waals surface area (Å²) in [5, 5.41) is 8.13. The third kappa shape index (κ3) is 5.28. The van der Waals surface area contributed by atoms with Crippen LogP contribution in [0.2, 0.25) is 0 Å². The molecule has 1 aromatic rings. The Balaban J connectivity index is 3.44. The van der Waals surface area contributed by atoms with Crippen molar-refractivity contribution in [1.82, 2.24) is 0 Å². The fourth-order valence-electron chi connectivity index (χ4n) is 1.77. The molecule has 1 rings (SSSR count). The van der Waals surface area contributed by atoms with E-state index in [0.29, 0.717) is 3.57 Å². The second-order valence-corrected chi connectivity index (χ2v) is 9.09. The summed E-state index contributed by atoms with van der Waals surface area (Å²) in [4.78, 5) is 34.3. The lowest BCUT2D eigenvalue weighted by Gasteiger charge is -2.29. The monoisotopic (exact) mass is 668 g/mol. The van der Waals surface area contributed by atoms with Crippen LogP contribution < -0.4 is 4.74 Å². The standard InChI is InChI=1S/C16H12F6I2O6/c1-13(2,3)30-10(25)7-4-6(23)5-8(24)9(7)29-12(28)15(19,20)16(21,22)14(17,18)11(26)27/h4-5H,1-3H3,(H,26,27). The summed E-state index contributed by atoms with van der Waals surface area (Å²) >= 11 is 3.14. The van der Waals surface area contributed by atoms with Crippen LogP contribution in [0.4, 0.5) is 26.3 Å². The normalized spacial score (nSPS) is 13.0. The Morgan fingerprint density at radius 1 is 0.933 bits per heavy atom. The van der Waals surface area contributed by atoms with Gasteiger partial charge in [-0.15, -0.1) is 0 Å². The second-order valence-electron chi connectivity index (χ2n) is 6.68. The number of hydrogen-bond acceptors (Lipinski definition) is 5. The molecular weight excluding hydrogens is 656 g/mol. The molecule has 0 fully saturated rings. The van der Waals surface area contributed by atoms with Gasteiger partial charge < -0.3 is 14.6 Å². The van der Waals surface area contributed by atoms with Crippen LogP contribution in [0.5, 0.6) is 5.75 Å². The van der Waals surface area contributed by atoms with E-state index in [9.17, 15) is 40.7 Å². The van der Waals surface area contributed by atoms with Gasteiger partial charge in [-0.3, -0.25) is 0 Å². The van der Waals surface area contributed by atoms with Crippen molar-refractivity contribution in [2.24, 2.45) is 0 Å². The van der Waals surface area contributed by atoms with E-state index in [4.69, 9.17) is 9.84 Å². The molecule has 0 aromatic heterocycles. The number of carbonyl (C=O) groups is 3. The number of carbonyl (C=O) groups excluding carboxylic acids is 2. The molecule has 0 aliphatic carbocycles. The molecule has 0 amide bonds. The fraction of sp³-hybridized carbons (Fsp3) is 0.438. The van der Waals surface area contributed by atoms with E-state index in [0.717, 1.165) is 6.07 Å². The molecule has 168 valence electrons. The smallest absolute Gasteiger partial charge is 0.411 e. The number of alkyl halides is 6. The Kier molecular flexibility index (Phi) is 7.71. The lowest BCUT2D eigenvalue weighted by molar-refractivity contribution is -0.297. The number of esters is 2. The van der Waals surface area contributed by atoms with Gasteiger partial charge in [0, 0.05) is 3.57 Å². The van der Waals surface area contributed by atoms with Crippen molar-refractivity contribution in [2.75, 3.05) is 0 Å². The van der Waals surface area contributed by atoms with Gasteiger partial charge in [0.2, 0.25) is 0 Å². The third-order valence-electron chi connectivity index (χ3n) is 3.14. The lowest BCUT2D eigenvalue weighted by atomic mass is 10.0. The Hall–Kier alpha value is -1.33. The van der Waals surface area contributed by atoms with Crippen LogP contribution in [0.1, 0.15) is 31.1 Å². The van der Waals surface area contributed by atoms with Crippen LogP contribution in [0.15, 0.2) is 12.1 Å². The van der Waals surface area contributed by atoms with E-state index >= 15 is 0 Å². The predicted molar refractivity (Wildman–Crippen MR) is 105 cm³/mol. The van der Waals surface area contributed by atoms with Crippen molar-refractivity contribution in [2.45, 2.75) is 44.1 Å². The number of halogens is 8. The first-order valence-corrected chi connectivity index (χ1v) is 9.73. The van der Waals surface area contributed by atoms with Gasteiger partial charge in [-0.25, -0.2) is 14.4 Å². The zero-order valence-corrected chi connectivity index (χ0v) is 19.5. The number of carboxylic acids is 1. The number of rotatable bonds is 6. The van der Waals surface area contributed by atoms with E-state index in [2.05, 4.69) is 4.74 Å². The highest BCUT2D eigenvalue weighted by Crippen LogP contribution is 2.47. The fourth-order valence-corrected chi connectivity index (χ4v) is 3.72. The summed E-state index contributed by atoms with van der Waals surface area (Å²) in [6, 6.07) is 2.24. The topological polar surface area (TPSA) is 89.9 Å². The summed E-state index contributed by atoms with van der Waals surface area (Å²) < 4.78 is 90.5. The molecule has 0 spiro atoms. The Bertz CT molecular complexity index is 882. The molecule has 0 atom stereocenters. The van der Waals surface area contributed by atoms with Gasteiger partial charge in [0.05, 0.1) is 3.57 Å². The van der Waals surface area contributed by atoms with Crippen molar-refractivity contribution in [1.29, 1.82) is 0 Å². The largest absolute Gasteiger partial charge is 0.477 e. The second kappa shape index (κ2) is 8.66. The predicted octanol–water partition coefficient (Wildman–Crippen LogP) is 4.75. The SMILES string of the molecule is CC(C)(C)OC(=O)c1cc(I)cc(I)c1OC(=O)C(F)(F)C(F)(F)C(F)(F)C(=O)O. The minimum absolute atomic E-state index is 0.183. The maximum absolute atomic E-state index is 13.9. The third-order valence-corrected chi connectivity index (χ3v) is 4.56. The molecule has 0 aliphatic heterocycles. The van der Waals surface area contributed by atoms with Crippen LogP contribution in [0.25, 0.3) is 0 Å². The maximum atomic E-state index is 13.9. The van der Waals surface area contributed by atoms with E-state index in [1.165, 1.54) is 49.4 Å². The van der Waals surface area contributed by atoms with E-state index < -0.39 is 52.6 Å². The van der Waals surface area contributed by atoms with Crippen LogP contribution in [-0.4, -0.2) is 46.4 Å². The van der Waals surface area contributed by atoms with Crippen LogP contribution >= 0.6 is 45.2 Å². The Morgan fingerprint density at radius 2 is 1.43 bits per heavy atom. The van der Waals surface area contributed by atoms with E-state index in [-0.39, 0.29) is 3.57 Å². The molecule has 0 saturated carbocycles. The summed E-state index contributed by atoms with van der Waals surface area (Å²) in [6.07, 6.45) is 0. The van der Waals surface area contributed by atoms with Crippen molar-refractivity contribution >= 4 is 63.1 Å². The molecule has 0 saturated heterocycles. The zero-order chi connectivity index (χ0) is 23.9. The number of aliphatic carboxylic acids is 1. The summed E-state index contributed by atoms with van der Waals surface area (Å²) in [5.41, 5.74) is -1.69. The van der Waals surface area contributed by atoms with E-state index in [1.54, 1.807) is 22.6 Å². The minimum atomic E-state index is -6.64. The Morgan fingerprint density at radius 3 is 1.87 bits per heavy atom. The molecule has 1 N–H and O–H groups in total. The van der Waals surface area contributed by atoms with Crippen LogP contribution in [0.3, 0.4) is 0 Å². The molecular formula is C16H12F6I2O6. The van der Waals surface area contributed by atoms with Gasteiger partial charge in [0.1, 0.15) is 11.2 Å². The molecule has 30 heavy (non-hydrogen) atoms. The maximum Gasteiger partial charge on any atom is 0.411 e. The van der Waals surface area contributed by atoms with Crippen LogP contribution in [-0.2, 0) is 14.3 Å². The van der Waals surface area contributed by atoms with E-state index in [1.807, 2.05) is 0 Å². The van der Waals surface area contributed by atoms with Gasteiger partial charge in [-0.2, -0.15) is 26.3 Å². The van der Waals surface area contributed by atoms with Crippen molar-refractivity contribution < 1.29 is 55.3 Å². The van der Waals surface area contributed by atoms with Gasteiger partial charge in [0.25, 0.3) is 0 Å². The minimum Gasteiger partial charge on any atom is -0.477 e. The van der Waals surface area contributed by atoms with Crippen molar-refractivity contribution in [3.05, 3.63) is 24.8 Å². The van der Waals surface area contributed by atoms with Gasteiger partial charge in [-0.05, 0) is 78.1 Å². The number of ether oxygens (including phenoxy) is 2. The number of hydrogen-bond donors (Lipinski definition) is 1. The lowest BCUT2D eigenvalue weighted by Crippen LogP contribution is -2.61. The molecule has 0 unspecified atom stereocenters. The number of carboxylic acid groups (broad SMARTS) is 1. The first-order valence-electron chi connectivity index (χ1n) is 7.57. The quantitative estimate of drug-likeness (QED) is 0.204. The van der Waals surface area contributed by atoms with Gasteiger partial charge in [-0.1, -0.05) is 0 Å². The summed E-state index contributed by atoms with van der Waals surface area (Å²) in [7, 11) is 0. The molecule has 1 aromatic carbocycles. The van der Waals surface area contributed by atoms with Crippen molar-refractivity contribution in [3.8, 4) is 5.75 Å². The molecule has 6 nitrogen and oxygen atoms in total. The molecule has 14 heteroatoms. The van der Waals surface area contributed by atoms with Crippen LogP contribution in [0, 0.1) is 7.14 Å². The highest BCUT2D eigenvalue weighted by atomic mass is 127. The first-order chi connectivity index (χ1) is 13.3. The molecule has 0 heterocycles. The molecule has 0 radical (unpaired) electrons. The average molecular weight is 668 g/mol.